The Balaban J connectivity index is 1.70. The third-order valence-electron chi connectivity index (χ3n) is 5.16. The van der Waals surface area contributed by atoms with Crippen molar-refractivity contribution in [1.82, 2.24) is 15.1 Å². The van der Waals surface area contributed by atoms with Gasteiger partial charge in [0.2, 0.25) is 0 Å². The van der Waals surface area contributed by atoms with Crippen molar-refractivity contribution < 1.29 is 0 Å². The van der Waals surface area contributed by atoms with E-state index < -0.39 is 0 Å². The lowest BCUT2D eigenvalue weighted by Gasteiger charge is -2.35. The first kappa shape index (κ1) is 20.4. The highest BCUT2D eigenvalue weighted by Crippen LogP contribution is 2.11. The van der Waals surface area contributed by atoms with E-state index in [0.29, 0.717) is 6.04 Å². The molecule has 3 nitrogen and oxygen atoms in total. The first-order chi connectivity index (χ1) is 12.1. The van der Waals surface area contributed by atoms with Crippen LogP contribution in [-0.4, -0.2) is 48.6 Å². The minimum absolute atomic E-state index is 0.613. The molecule has 1 heterocycles. The van der Waals surface area contributed by atoms with Crippen LogP contribution in [0.3, 0.4) is 0 Å². The highest BCUT2D eigenvalue weighted by Gasteiger charge is 2.17. The second-order valence-electron chi connectivity index (χ2n) is 8.21. The average Bonchev–Trinajstić information content (AvgIpc) is 2.60. The fourth-order valence-electron chi connectivity index (χ4n) is 3.57. The molecule has 1 fully saturated rings. The van der Waals surface area contributed by atoms with Crippen molar-refractivity contribution in [3.8, 4) is 0 Å². The number of hydrogen-bond donors (Lipinski definition) is 1. The molecule has 0 aliphatic carbocycles. The average molecular weight is 346 g/mol. The van der Waals surface area contributed by atoms with Crippen molar-refractivity contribution >= 4 is 0 Å². The normalized spacial score (nSPS) is 18.0. The zero-order chi connectivity index (χ0) is 18.1. The van der Waals surface area contributed by atoms with Gasteiger partial charge in [0.25, 0.3) is 0 Å². The topological polar surface area (TPSA) is 18.5 Å². The molecule has 1 N–H and O–H groups in total. The maximum atomic E-state index is 3.64. The summed E-state index contributed by atoms with van der Waals surface area (Å²) in [6.45, 7) is 17.3. The van der Waals surface area contributed by atoms with Gasteiger partial charge in [0, 0.05) is 51.9 Å². The fourth-order valence-corrected chi connectivity index (χ4v) is 3.57. The molecule has 1 aromatic rings. The molecule has 1 saturated heterocycles. The lowest BCUT2D eigenvalue weighted by atomic mass is 10.1. The SMILES string of the molecule is CCCCC(C)NCc1ccc(CN2CCN(CC(C)C)CC2)cc1. The molecule has 142 valence electrons. The first-order valence-electron chi connectivity index (χ1n) is 10.3. The van der Waals surface area contributed by atoms with Gasteiger partial charge in [-0.05, 0) is 30.4 Å². The second-order valence-corrected chi connectivity index (χ2v) is 8.21. The zero-order valence-electron chi connectivity index (χ0n) is 16.9. The molecule has 0 radical (unpaired) electrons. The minimum atomic E-state index is 0.613. The van der Waals surface area contributed by atoms with Crippen LogP contribution in [0.25, 0.3) is 0 Å². The van der Waals surface area contributed by atoms with E-state index >= 15 is 0 Å². The number of nitrogens with zero attached hydrogens (tertiary/aromatic N) is 2. The summed E-state index contributed by atoms with van der Waals surface area (Å²) >= 11 is 0. The van der Waals surface area contributed by atoms with Gasteiger partial charge in [0.1, 0.15) is 0 Å². The summed E-state index contributed by atoms with van der Waals surface area (Å²) in [7, 11) is 0. The Morgan fingerprint density at radius 1 is 0.920 bits per heavy atom. The van der Waals surface area contributed by atoms with Crippen LogP contribution in [0, 0.1) is 5.92 Å². The second kappa shape index (κ2) is 10.9. The molecule has 0 spiro atoms. The van der Waals surface area contributed by atoms with Gasteiger partial charge < -0.3 is 10.2 Å². The van der Waals surface area contributed by atoms with Crippen LogP contribution in [0.1, 0.15) is 58.1 Å². The first-order valence-corrected chi connectivity index (χ1v) is 10.3. The maximum absolute atomic E-state index is 3.64. The van der Waals surface area contributed by atoms with Gasteiger partial charge in [-0.25, -0.2) is 0 Å². The van der Waals surface area contributed by atoms with E-state index in [9.17, 15) is 0 Å². The summed E-state index contributed by atoms with van der Waals surface area (Å²) in [5.41, 5.74) is 2.84. The number of benzene rings is 1. The zero-order valence-corrected chi connectivity index (χ0v) is 16.9. The van der Waals surface area contributed by atoms with Gasteiger partial charge in [-0.15, -0.1) is 0 Å². The van der Waals surface area contributed by atoms with Gasteiger partial charge in [-0.1, -0.05) is 57.9 Å². The fraction of sp³-hybridized carbons (Fsp3) is 0.727. The predicted molar refractivity (Wildman–Crippen MR) is 109 cm³/mol. The van der Waals surface area contributed by atoms with Crippen molar-refractivity contribution in [3.63, 3.8) is 0 Å². The lowest BCUT2D eigenvalue weighted by molar-refractivity contribution is 0.117. The quantitative estimate of drug-likeness (QED) is 0.688. The number of nitrogens with one attached hydrogen (secondary N) is 1. The van der Waals surface area contributed by atoms with E-state index in [1.54, 1.807) is 0 Å². The molecule has 25 heavy (non-hydrogen) atoms. The van der Waals surface area contributed by atoms with Gasteiger partial charge in [0.15, 0.2) is 0 Å². The molecule has 1 aromatic carbocycles. The van der Waals surface area contributed by atoms with Crippen LogP contribution in [0.15, 0.2) is 24.3 Å². The molecule has 3 heteroatoms. The Hall–Kier alpha value is -0.900. The predicted octanol–water partition coefficient (Wildman–Crippen LogP) is 4.13. The summed E-state index contributed by atoms with van der Waals surface area (Å²) in [6, 6.07) is 9.83. The molecular formula is C22H39N3. The highest BCUT2D eigenvalue weighted by atomic mass is 15.3. The van der Waals surface area contributed by atoms with Crippen LogP contribution in [0.2, 0.25) is 0 Å². The van der Waals surface area contributed by atoms with Crippen LogP contribution < -0.4 is 5.32 Å². The standard InChI is InChI=1S/C22H39N3/c1-5-6-7-20(4)23-16-21-8-10-22(11-9-21)18-25-14-12-24(13-15-25)17-19(2)3/h8-11,19-20,23H,5-7,12-18H2,1-4H3. The van der Waals surface area contributed by atoms with Crippen molar-refractivity contribution in [1.29, 1.82) is 0 Å². The van der Waals surface area contributed by atoms with Crippen molar-refractivity contribution in [2.45, 2.75) is 66.1 Å². The van der Waals surface area contributed by atoms with Crippen molar-refractivity contribution in [3.05, 3.63) is 35.4 Å². The molecule has 1 aliphatic rings. The largest absolute Gasteiger partial charge is 0.310 e. The monoisotopic (exact) mass is 345 g/mol. The van der Waals surface area contributed by atoms with E-state index in [-0.39, 0.29) is 0 Å². The highest BCUT2D eigenvalue weighted by molar-refractivity contribution is 5.22. The van der Waals surface area contributed by atoms with E-state index in [1.165, 1.54) is 63.1 Å². The Bertz CT molecular complexity index is 461. The number of rotatable bonds is 10. The number of piperazine rings is 1. The third-order valence-corrected chi connectivity index (χ3v) is 5.16. The van der Waals surface area contributed by atoms with Gasteiger partial charge in [0.05, 0.1) is 0 Å². The van der Waals surface area contributed by atoms with Gasteiger partial charge in [-0.2, -0.15) is 0 Å². The Labute approximate surface area is 155 Å². The van der Waals surface area contributed by atoms with Crippen LogP contribution in [0.5, 0.6) is 0 Å². The van der Waals surface area contributed by atoms with Gasteiger partial charge >= 0.3 is 0 Å². The lowest BCUT2D eigenvalue weighted by Crippen LogP contribution is -2.46. The summed E-state index contributed by atoms with van der Waals surface area (Å²) in [5, 5.41) is 3.64. The number of hydrogen-bond acceptors (Lipinski definition) is 3. The summed E-state index contributed by atoms with van der Waals surface area (Å²) in [5.74, 6) is 0.775. The van der Waals surface area contributed by atoms with E-state index in [0.717, 1.165) is 19.0 Å². The van der Waals surface area contributed by atoms with Crippen LogP contribution in [-0.2, 0) is 13.1 Å². The minimum Gasteiger partial charge on any atom is -0.310 e. The Morgan fingerprint density at radius 3 is 2.12 bits per heavy atom. The van der Waals surface area contributed by atoms with Crippen LogP contribution in [0.4, 0.5) is 0 Å². The molecule has 0 saturated carbocycles. The molecule has 1 unspecified atom stereocenters. The molecule has 2 rings (SSSR count). The Kier molecular flexibility index (Phi) is 8.94. The smallest absolute Gasteiger partial charge is 0.0234 e. The summed E-state index contributed by atoms with van der Waals surface area (Å²) in [4.78, 5) is 5.20. The van der Waals surface area contributed by atoms with E-state index in [2.05, 4.69) is 67.1 Å². The number of unbranched alkanes of at least 4 members (excludes halogenated alkanes) is 1. The van der Waals surface area contributed by atoms with Gasteiger partial charge in [-0.3, -0.25) is 4.90 Å². The van der Waals surface area contributed by atoms with Crippen molar-refractivity contribution in [2.24, 2.45) is 5.92 Å². The molecule has 1 atom stereocenters. The van der Waals surface area contributed by atoms with E-state index in [1.807, 2.05) is 0 Å². The molecule has 0 aromatic heterocycles. The van der Waals surface area contributed by atoms with Crippen LogP contribution >= 0.6 is 0 Å². The van der Waals surface area contributed by atoms with Crippen molar-refractivity contribution in [2.75, 3.05) is 32.7 Å². The Morgan fingerprint density at radius 2 is 1.52 bits per heavy atom. The molecule has 0 bridgehead atoms. The molecular weight excluding hydrogens is 306 g/mol. The molecule has 1 aliphatic heterocycles. The third kappa shape index (κ3) is 7.89. The summed E-state index contributed by atoms with van der Waals surface area (Å²) < 4.78 is 0. The molecule has 0 amide bonds. The maximum Gasteiger partial charge on any atom is 0.0234 e. The summed E-state index contributed by atoms with van der Waals surface area (Å²) in [6.07, 6.45) is 3.88. The van der Waals surface area contributed by atoms with E-state index in [4.69, 9.17) is 0 Å².